The van der Waals surface area contributed by atoms with Crippen molar-refractivity contribution in [1.82, 2.24) is 0 Å². The average molecular weight is 170 g/mol. The molecule has 1 aliphatic carbocycles. The summed E-state index contributed by atoms with van der Waals surface area (Å²) in [5.74, 6) is 0. The molecule has 0 radical (unpaired) electrons. The molecule has 0 saturated carbocycles. The van der Waals surface area contributed by atoms with Crippen molar-refractivity contribution in [3.05, 3.63) is 23.9 Å². The van der Waals surface area contributed by atoms with E-state index in [0.717, 1.165) is 0 Å². The molecule has 1 aliphatic rings. The fourth-order valence-corrected chi connectivity index (χ4v) is 1.10. The molecule has 0 fully saturated rings. The maximum Gasteiger partial charge on any atom is 0.141 e. The fraction of sp³-hybridized carbons (Fsp3) is 0.500. The summed E-state index contributed by atoms with van der Waals surface area (Å²) < 4.78 is 5.21. The molecule has 68 valence electrons. The first-order valence-electron chi connectivity index (χ1n) is 3.85. The zero-order chi connectivity index (χ0) is 9.03. The Balaban J connectivity index is 2.54. The second kappa shape index (κ2) is 3.71. The monoisotopic (exact) mass is 170 g/mol. The molecular formula is C8H14N2O2. The van der Waals surface area contributed by atoms with Gasteiger partial charge >= 0.3 is 0 Å². The Morgan fingerprint density at radius 2 is 2.42 bits per heavy atom. The third-order valence-electron chi connectivity index (χ3n) is 1.62. The van der Waals surface area contributed by atoms with Crippen LogP contribution in [0.15, 0.2) is 23.9 Å². The van der Waals surface area contributed by atoms with Crippen molar-refractivity contribution < 1.29 is 9.84 Å². The van der Waals surface area contributed by atoms with Gasteiger partial charge in [-0.1, -0.05) is 6.08 Å². The van der Waals surface area contributed by atoms with Crippen LogP contribution in [-0.2, 0) is 4.74 Å². The lowest BCUT2D eigenvalue weighted by molar-refractivity contribution is -0.0200. The first-order chi connectivity index (χ1) is 5.66. The molecule has 0 aromatic carbocycles. The lowest BCUT2D eigenvalue weighted by Gasteiger charge is -2.27. The Hall–Kier alpha value is -0.840. The topological polar surface area (TPSA) is 81.5 Å². The van der Waals surface area contributed by atoms with E-state index in [1.54, 1.807) is 12.2 Å². The van der Waals surface area contributed by atoms with E-state index in [4.69, 9.17) is 21.3 Å². The van der Waals surface area contributed by atoms with Gasteiger partial charge in [-0.3, -0.25) is 5.73 Å². The van der Waals surface area contributed by atoms with Crippen LogP contribution in [0.5, 0.6) is 0 Å². The summed E-state index contributed by atoms with van der Waals surface area (Å²) >= 11 is 0. The molecule has 0 bridgehead atoms. The van der Waals surface area contributed by atoms with Gasteiger partial charge in [-0.2, -0.15) is 0 Å². The van der Waals surface area contributed by atoms with E-state index in [-0.39, 0.29) is 13.2 Å². The third-order valence-corrected chi connectivity index (χ3v) is 1.62. The Labute approximate surface area is 71.5 Å². The summed E-state index contributed by atoms with van der Waals surface area (Å²) in [6.07, 6.45) is 5.89. The fourth-order valence-electron chi connectivity index (χ4n) is 1.10. The molecule has 1 unspecified atom stereocenters. The molecule has 0 aromatic rings. The number of ether oxygens (including phenoxy) is 1. The van der Waals surface area contributed by atoms with Gasteiger partial charge in [-0.15, -0.1) is 0 Å². The summed E-state index contributed by atoms with van der Waals surface area (Å²) in [6, 6.07) is 0. The maximum atomic E-state index is 8.53. The Kier molecular flexibility index (Phi) is 2.86. The normalized spacial score (nSPS) is 28.7. The van der Waals surface area contributed by atoms with Gasteiger partial charge in [0.1, 0.15) is 5.72 Å². The highest BCUT2D eigenvalue weighted by molar-refractivity contribution is 5.24. The molecule has 0 heterocycles. The molecule has 0 spiro atoms. The van der Waals surface area contributed by atoms with Crippen LogP contribution in [0.25, 0.3) is 0 Å². The predicted octanol–water partition coefficient (Wildman–Crippen LogP) is -0.547. The van der Waals surface area contributed by atoms with Crippen molar-refractivity contribution in [2.45, 2.75) is 12.1 Å². The minimum Gasteiger partial charge on any atom is -0.399 e. The van der Waals surface area contributed by atoms with Crippen LogP contribution < -0.4 is 11.5 Å². The predicted molar refractivity (Wildman–Crippen MR) is 46.0 cm³/mol. The Morgan fingerprint density at radius 1 is 1.67 bits per heavy atom. The van der Waals surface area contributed by atoms with Gasteiger partial charge in [-0.25, -0.2) is 0 Å². The standard InChI is InChI=1S/C8H14N2O2/c9-7-2-1-3-8(10,6-7)12-5-4-11/h1-2,6,11H,3-5,9-10H2. The van der Waals surface area contributed by atoms with Gasteiger partial charge in [0, 0.05) is 12.1 Å². The second-order valence-electron chi connectivity index (χ2n) is 2.78. The minimum absolute atomic E-state index is 0.0313. The highest BCUT2D eigenvalue weighted by atomic mass is 16.5. The van der Waals surface area contributed by atoms with Crippen LogP contribution in [0, 0.1) is 0 Å². The van der Waals surface area contributed by atoms with E-state index in [0.29, 0.717) is 12.1 Å². The van der Waals surface area contributed by atoms with Crippen molar-refractivity contribution in [1.29, 1.82) is 0 Å². The zero-order valence-electron chi connectivity index (χ0n) is 6.86. The van der Waals surface area contributed by atoms with Gasteiger partial charge in [0.05, 0.1) is 13.2 Å². The lowest BCUT2D eigenvalue weighted by Crippen LogP contribution is -2.42. The van der Waals surface area contributed by atoms with Crippen LogP contribution in [0.1, 0.15) is 6.42 Å². The SMILES string of the molecule is NC1=CC(N)(OCCO)CC=C1. The summed E-state index contributed by atoms with van der Waals surface area (Å²) in [7, 11) is 0. The minimum atomic E-state index is -0.832. The molecule has 0 amide bonds. The van der Waals surface area contributed by atoms with Gasteiger partial charge < -0.3 is 15.6 Å². The smallest absolute Gasteiger partial charge is 0.141 e. The third kappa shape index (κ3) is 2.34. The molecule has 0 aromatic heterocycles. The van der Waals surface area contributed by atoms with Gasteiger partial charge in [0.2, 0.25) is 0 Å². The van der Waals surface area contributed by atoms with Crippen molar-refractivity contribution in [3.8, 4) is 0 Å². The van der Waals surface area contributed by atoms with Crippen LogP contribution >= 0.6 is 0 Å². The average Bonchev–Trinajstić information content (AvgIpc) is 2.01. The number of aliphatic hydroxyl groups excluding tert-OH is 1. The Morgan fingerprint density at radius 3 is 3.00 bits per heavy atom. The molecule has 4 heteroatoms. The van der Waals surface area contributed by atoms with Crippen molar-refractivity contribution >= 4 is 0 Å². The summed E-state index contributed by atoms with van der Waals surface area (Å²) in [6.45, 7) is 0.199. The highest BCUT2D eigenvalue weighted by Gasteiger charge is 2.23. The molecule has 0 saturated heterocycles. The van der Waals surface area contributed by atoms with Crippen molar-refractivity contribution in [3.63, 3.8) is 0 Å². The van der Waals surface area contributed by atoms with Crippen LogP contribution in [0.3, 0.4) is 0 Å². The molecule has 1 rings (SSSR count). The number of hydrogen-bond donors (Lipinski definition) is 3. The first kappa shape index (κ1) is 9.25. The van der Waals surface area contributed by atoms with E-state index < -0.39 is 5.72 Å². The number of nitrogens with two attached hydrogens (primary N) is 2. The highest BCUT2D eigenvalue weighted by Crippen LogP contribution is 2.17. The van der Waals surface area contributed by atoms with E-state index >= 15 is 0 Å². The van der Waals surface area contributed by atoms with Crippen molar-refractivity contribution in [2.24, 2.45) is 11.5 Å². The molecular weight excluding hydrogens is 156 g/mol. The number of aliphatic hydroxyl groups is 1. The maximum absolute atomic E-state index is 8.53. The van der Waals surface area contributed by atoms with Gasteiger partial charge in [0.15, 0.2) is 0 Å². The first-order valence-corrected chi connectivity index (χ1v) is 3.85. The van der Waals surface area contributed by atoms with Crippen molar-refractivity contribution in [2.75, 3.05) is 13.2 Å². The second-order valence-corrected chi connectivity index (χ2v) is 2.78. The summed E-state index contributed by atoms with van der Waals surface area (Å²) in [5, 5.41) is 8.53. The van der Waals surface area contributed by atoms with Gasteiger partial charge in [-0.05, 0) is 12.2 Å². The van der Waals surface area contributed by atoms with E-state index in [2.05, 4.69) is 0 Å². The lowest BCUT2D eigenvalue weighted by atomic mass is 10.0. The van der Waals surface area contributed by atoms with Crippen LogP contribution in [-0.4, -0.2) is 24.0 Å². The molecule has 0 aliphatic heterocycles. The van der Waals surface area contributed by atoms with E-state index in [9.17, 15) is 0 Å². The summed E-state index contributed by atoms with van der Waals surface area (Å²) in [4.78, 5) is 0. The van der Waals surface area contributed by atoms with Crippen LogP contribution in [0.2, 0.25) is 0 Å². The number of rotatable bonds is 3. The molecule has 12 heavy (non-hydrogen) atoms. The number of allylic oxidation sites excluding steroid dienone is 1. The largest absolute Gasteiger partial charge is 0.399 e. The number of hydrogen-bond acceptors (Lipinski definition) is 4. The molecule has 5 N–H and O–H groups in total. The molecule has 4 nitrogen and oxygen atoms in total. The van der Waals surface area contributed by atoms with Gasteiger partial charge in [0.25, 0.3) is 0 Å². The zero-order valence-corrected chi connectivity index (χ0v) is 6.86. The van der Waals surface area contributed by atoms with E-state index in [1.165, 1.54) is 0 Å². The summed E-state index contributed by atoms with van der Waals surface area (Å²) in [5.41, 5.74) is 11.1. The van der Waals surface area contributed by atoms with Crippen LogP contribution in [0.4, 0.5) is 0 Å². The quantitative estimate of drug-likeness (QED) is 0.496. The van der Waals surface area contributed by atoms with E-state index in [1.807, 2.05) is 6.08 Å². The molecule has 1 atom stereocenters. The Bertz CT molecular complexity index is 213.